The van der Waals surface area contributed by atoms with Gasteiger partial charge in [0, 0.05) is 41.7 Å². The first-order valence-corrected chi connectivity index (χ1v) is 17.1. The molecule has 53 heavy (non-hydrogen) atoms. The fourth-order valence-corrected chi connectivity index (χ4v) is 5.88. The van der Waals surface area contributed by atoms with E-state index in [4.69, 9.17) is 25.5 Å². The third kappa shape index (κ3) is 8.87. The van der Waals surface area contributed by atoms with E-state index in [-0.39, 0.29) is 24.9 Å². The molecule has 1 N–H and O–H groups in total. The van der Waals surface area contributed by atoms with Crippen LogP contribution >= 0.6 is 11.6 Å². The van der Waals surface area contributed by atoms with Crippen molar-refractivity contribution in [2.24, 2.45) is 0 Å². The fraction of sp³-hybridized carbons (Fsp3) is 0.0952. The number of pyridine rings is 1. The number of nitrogens with zero attached hydrogens (tertiary/aromatic N) is 4. The maximum atomic E-state index is 13.6. The summed E-state index contributed by atoms with van der Waals surface area (Å²) in [6.07, 6.45) is 8.17. The van der Waals surface area contributed by atoms with E-state index in [1.807, 2.05) is 72.8 Å². The van der Waals surface area contributed by atoms with Crippen molar-refractivity contribution in [3.63, 3.8) is 0 Å². The summed E-state index contributed by atoms with van der Waals surface area (Å²) in [4.78, 5) is 28.3. The van der Waals surface area contributed by atoms with Crippen LogP contribution in [-0.4, -0.2) is 32.9 Å². The summed E-state index contributed by atoms with van der Waals surface area (Å²) in [5.74, 6) is 2.53. The van der Waals surface area contributed by atoms with E-state index in [1.54, 1.807) is 60.8 Å². The van der Waals surface area contributed by atoms with E-state index in [2.05, 4.69) is 20.3 Å². The van der Waals surface area contributed by atoms with Crippen molar-refractivity contribution in [3.05, 3.63) is 167 Å². The molecule has 0 fully saturated rings. The zero-order valence-electron chi connectivity index (χ0n) is 28.6. The zero-order chi connectivity index (χ0) is 36.6. The Kier molecular flexibility index (Phi) is 10.7. The molecule has 0 saturated carbocycles. The molecule has 264 valence electrons. The van der Waals surface area contributed by atoms with Gasteiger partial charge in [0.05, 0.1) is 24.2 Å². The summed E-state index contributed by atoms with van der Waals surface area (Å²) in [6.45, 7) is 0.787. The molecule has 0 bridgehead atoms. The number of ether oxygens (including phenoxy) is 2. The molecule has 0 unspecified atom stereocenters. The Morgan fingerprint density at radius 2 is 1.81 bits per heavy atom. The first-order chi connectivity index (χ1) is 25.9. The summed E-state index contributed by atoms with van der Waals surface area (Å²) in [6, 6.07) is 32.4. The Morgan fingerprint density at radius 3 is 2.60 bits per heavy atom. The predicted octanol–water partition coefficient (Wildman–Crippen LogP) is 9.65. The van der Waals surface area contributed by atoms with E-state index >= 15 is 0 Å². The number of hydrogen-bond donors (Lipinski definition) is 1. The van der Waals surface area contributed by atoms with Gasteiger partial charge in [-0.2, -0.15) is 0 Å². The van der Waals surface area contributed by atoms with Crippen LogP contribution in [0.3, 0.4) is 0 Å². The second-order valence-corrected chi connectivity index (χ2v) is 12.5. The van der Waals surface area contributed by atoms with Gasteiger partial charge in [-0.25, -0.2) is 14.4 Å². The van der Waals surface area contributed by atoms with Gasteiger partial charge in [-0.15, -0.1) is 0 Å². The number of carbonyl (C=O) groups is 1. The van der Waals surface area contributed by atoms with Crippen molar-refractivity contribution >= 4 is 46.0 Å². The molecule has 0 saturated heterocycles. The normalized spacial score (nSPS) is 11.2. The maximum Gasteiger partial charge on any atom is 0.247 e. The van der Waals surface area contributed by atoms with Crippen LogP contribution in [0.4, 0.5) is 15.9 Å². The van der Waals surface area contributed by atoms with Crippen molar-refractivity contribution in [1.82, 2.24) is 19.9 Å². The van der Waals surface area contributed by atoms with E-state index in [0.717, 1.165) is 33.3 Å². The first-order valence-electron chi connectivity index (χ1n) is 16.7. The monoisotopic (exact) mass is 725 g/mol. The Hall–Kier alpha value is -6.52. The lowest BCUT2D eigenvalue weighted by molar-refractivity contribution is -0.127. The van der Waals surface area contributed by atoms with Gasteiger partial charge in [0.15, 0.2) is 0 Å². The highest BCUT2D eigenvalue weighted by atomic mass is 35.5. The number of methoxy groups -OCH3 is 1. The molecule has 1 amide bonds. The maximum absolute atomic E-state index is 13.6. The lowest BCUT2D eigenvalue weighted by atomic mass is 10.1. The highest BCUT2D eigenvalue weighted by Gasteiger charge is 2.17. The minimum atomic E-state index is -0.325. The Labute approximate surface area is 310 Å². The summed E-state index contributed by atoms with van der Waals surface area (Å²) >= 11 is 6.56. The molecule has 0 aliphatic heterocycles. The van der Waals surface area contributed by atoms with Crippen molar-refractivity contribution in [3.8, 4) is 22.8 Å². The number of halogens is 2. The molecule has 7 rings (SSSR count). The average Bonchev–Trinajstić information content (AvgIpc) is 3.66. The largest absolute Gasteiger partial charge is 0.497 e. The highest BCUT2D eigenvalue weighted by Crippen LogP contribution is 2.33. The smallest absolute Gasteiger partial charge is 0.247 e. The predicted molar refractivity (Wildman–Crippen MR) is 203 cm³/mol. The second kappa shape index (κ2) is 16.2. The number of fused-ring (bicyclic) bond motifs is 1. The van der Waals surface area contributed by atoms with Crippen LogP contribution in [0.5, 0.6) is 11.5 Å². The third-order valence-electron chi connectivity index (χ3n) is 8.35. The molecule has 0 radical (unpaired) electrons. The SMILES string of the molecule is COc1ccc(CN(Cc2ccc(-c3ccc4ncnc(Nc5ccc(OCc6cccc(F)c6)c(Cl)c5)c4c3)o2)C(=O)/C=C/c2cccnc2)cc1. The molecular weight excluding hydrogens is 693 g/mol. The number of aromatic nitrogens is 3. The fourth-order valence-electron chi connectivity index (χ4n) is 5.65. The van der Waals surface area contributed by atoms with Crippen LogP contribution in [0.2, 0.25) is 5.02 Å². The van der Waals surface area contributed by atoms with E-state index in [1.165, 1.54) is 18.5 Å². The number of hydrogen-bond acceptors (Lipinski definition) is 8. The van der Waals surface area contributed by atoms with E-state index in [0.29, 0.717) is 45.9 Å². The number of carbonyl (C=O) groups excluding carboxylic acids is 1. The standard InChI is InChI=1S/C42H33ClFN5O4/c1-51-34-12-7-29(8-13-34)24-49(41(50)18-9-28-5-3-19-45-23-28)25-35-14-17-39(53-35)31-10-15-38-36(21-31)42(47-27-46-38)48-33-11-16-40(37(43)22-33)52-26-30-4-2-6-32(44)20-30/h2-23,27H,24-26H2,1H3,(H,46,47,48)/b18-9+. The van der Waals surface area contributed by atoms with Gasteiger partial charge in [0.25, 0.3) is 0 Å². The number of amides is 1. The molecular formula is C42H33ClFN5O4. The van der Waals surface area contributed by atoms with Gasteiger partial charge in [-0.3, -0.25) is 9.78 Å². The van der Waals surface area contributed by atoms with Gasteiger partial charge in [0.1, 0.15) is 47.6 Å². The van der Waals surface area contributed by atoms with Crippen molar-refractivity contribution in [2.45, 2.75) is 19.7 Å². The number of benzene rings is 4. The van der Waals surface area contributed by atoms with E-state index < -0.39 is 0 Å². The van der Waals surface area contributed by atoms with Crippen LogP contribution in [0.25, 0.3) is 28.3 Å². The van der Waals surface area contributed by atoms with Crippen molar-refractivity contribution in [2.75, 3.05) is 12.4 Å². The zero-order valence-corrected chi connectivity index (χ0v) is 29.3. The highest BCUT2D eigenvalue weighted by molar-refractivity contribution is 6.32. The lowest BCUT2D eigenvalue weighted by Crippen LogP contribution is -2.28. The summed E-state index contributed by atoms with van der Waals surface area (Å²) < 4.78 is 31.0. The Morgan fingerprint density at radius 1 is 0.925 bits per heavy atom. The summed E-state index contributed by atoms with van der Waals surface area (Å²) in [7, 11) is 1.62. The molecule has 3 heterocycles. The molecule has 0 aliphatic carbocycles. The minimum Gasteiger partial charge on any atom is -0.497 e. The molecule has 3 aromatic heterocycles. The number of rotatable bonds is 13. The number of anilines is 2. The van der Waals surface area contributed by atoms with Crippen LogP contribution in [0, 0.1) is 5.82 Å². The van der Waals surface area contributed by atoms with Crippen LogP contribution in [0.15, 0.2) is 138 Å². The third-order valence-corrected chi connectivity index (χ3v) is 8.65. The molecule has 11 heteroatoms. The molecule has 9 nitrogen and oxygen atoms in total. The average molecular weight is 726 g/mol. The molecule has 0 aliphatic rings. The van der Waals surface area contributed by atoms with Crippen LogP contribution in [-0.2, 0) is 24.5 Å². The van der Waals surface area contributed by atoms with Crippen LogP contribution in [0.1, 0.15) is 22.5 Å². The Bertz CT molecular complexity index is 2380. The topological polar surface area (TPSA) is 103 Å². The van der Waals surface area contributed by atoms with Gasteiger partial charge in [-0.05, 0) is 102 Å². The summed E-state index contributed by atoms with van der Waals surface area (Å²) in [5, 5.41) is 4.49. The molecule has 0 atom stereocenters. The number of nitrogens with one attached hydrogen (secondary N) is 1. The summed E-state index contributed by atoms with van der Waals surface area (Å²) in [5.41, 5.74) is 4.71. The van der Waals surface area contributed by atoms with Crippen molar-refractivity contribution < 1.29 is 23.1 Å². The molecule has 0 spiro atoms. The first kappa shape index (κ1) is 34.9. The van der Waals surface area contributed by atoms with E-state index in [9.17, 15) is 9.18 Å². The number of furan rings is 1. The molecule has 4 aromatic carbocycles. The van der Waals surface area contributed by atoms with Gasteiger partial charge in [-0.1, -0.05) is 41.9 Å². The lowest BCUT2D eigenvalue weighted by Gasteiger charge is -2.20. The van der Waals surface area contributed by atoms with Gasteiger partial charge >= 0.3 is 0 Å². The second-order valence-electron chi connectivity index (χ2n) is 12.1. The molecule has 7 aromatic rings. The van der Waals surface area contributed by atoms with Crippen LogP contribution < -0.4 is 14.8 Å². The quantitative estimate of drug-likeness (QED) is 0.117. The van der Waals surface area contributed by atoms with Gasteiger partial charge in [0.2, 0.25) is 5.91 Å². The van der Waals surface area contributed by atoms with Gasteiger partial charge < -0.3 is 24.1 Å². The van der Waals surface area contributed by atoms with Crippen molar-refractivity contribution in [1.29, 1.82) is 0 Å². The Balaban J connectivity index is 1.08. The minimum absolute atomic E-state index is 0.174.